The first-order chi connectivity index (χ1) is 13.1. The average molecular weight is 405 g/mol. The number of aliphatic hydroxyl groups is 3. The van der Waals surface area contributed by atoms with Crippen LogP contribution in [0.2, 0.25) is 0 Å². The molecule has 4 atom stereocenters. The van der Waals surface area contributed by atoms with Crippen LogP contribution in [0.15, 0.2) is 0 Å². The third-order valence-corrected chi connectivity index (χ3v) is 5.54. The van der Waals surface area contributed by atoms with E-state index in [0.29, 0.717) is 5.05 Å². The monoisotopic (exact) mass is 404 g/mol. The first-order valence-corrected chi connectivity index (χ1v) is 11.3. The van der Waals surface area contributed by atoms with Crippen LogP contribution in [0.5, 0.6) is 0 Å². The summed E-state index contributed by atoms with van der Waals surface area (Å²) in [5, 5.41) is 29.6. The molecule has 1 aliphatic rings. The van der Waals surface area contributed by atoms with Crippen molar-refractivity contribution in [2.45, 2.75) is 115 Å². The molecule has 0 bridgehead atoms. The fourth-order valence-electron chi connectivity index (χ4n) is 3.42. The van der Waals surface area contributed by atoms with E-state index >= 15 is 0 Å². The van der Waals surface area contributed by atoms with Crippen molar-refractivity contribution < 1.29 is 24.8 Å². The third kappa shape index (κ3) is 11.3. The molecule has 0 amide bonds. The highest BCUT2D eigenvalue weighted by atomic mass is 32.1. The average Bonchev–Trinajstić information content (AvgIpc) is 2.99. The number of thiocarbonyl (C=S) groups is 1. The molecule has 1 fully saturated rings. The number of hydrogen-bond acceptors (Lipinski definition) is 6. The van der Waals surface area contributed by atoms with E-state index in [-0.39, 0.29) is 13.2 Å². The summed E-state index contributed by atoms with van der Waals surface area (Å²) in [5.41, 5.74) is 0. The second-order valence-electron chi connectivity index (χ2n) is 7.75. The molecular formula is C21H40O5S. The Labute approximate surface area is 170 Å². The van der Waals surface area contributed by atoms with Gasteiger partial charge in [-0.2, -0.15) is 0 Å². The Morgan fingerprint density at radius 1 is 0.963 bits per heavy atom. The lowest BCUT2D eigenvalue weighted by atomic mass is 10.0. The third-order valence-electron chi connectivity index (χ3n) is 5.22. The number of hydrogen-bond donors (Lipinski definition) is 3. The lowest BCUT2D eigenvalue weighted by molar-refractivity contribution is -0.0663. The van der Waals surface area contributed by atoms with E-state index in [4.69, 9.17) is 21.7 Å². The highest BCUT2D eigenvalue weighted by molar-refractivity contribution is 7.80. The quantitative estimate of drug-likeness (QED) is 0.267. The van der Waals surface area contributed by atoms with E-state index in [9.17, 15) is 15.3 Å². The predicted molar refractivity (Wildman–Crippen MR) is 112 cm³/mol. The molecule has 0 aliphatic carbocycles. The summed E-state index contributed by atoms with van der Waals surface area (Å²) < 4.78 is 10.6. The van der Waals surface area contributed by atoms with E-state index in [1.807, 2.05) is 0 Å². The molecule has 0 aromatic rings. The van der Waals surface area contributed by atoms with Crippen LogP contribution >= 0.6 is 12.2 Å². The highest BCUT2D eigenvalue weighted by Crippen LogP contribution is 2.18. The molecule has 0 saturated carbocycles. The fourth-order valence-corrected chi connectivity index (χ4v) is 3.63. The van der Waals surface area contributed by atoms with Crippen LogP contribution in [0, 0.1) is 0 Å². The van der Waals surface area contributed by atoms with Gasteiger partial charge in [-0.1, -0.05) is 77.6 Å². The van der Waals surface area contributed by atoms with E-state index in [0.717, 1.165) is 19.3 Å². The Bertz CT molecular complexity index is 380. The van der Waals surface area contributed by atoms with Gasteiger partial charge in [-0.3, -0.25) is 0 Å². The maximum Gasteiger partial charge on any atom is 0.159 e. The Hall–Kier alpha value is -0.270. The number of aliphatic hydroxyl groups excluding tert-OH is 3. The van der Waals surface area contributed by atoms with Crippen molar-refractivity contribution in [1.29, 1.82) is 0 Å². The summed E-state index contributed by atoms with van der Waals surface area (Å²) in [6.45, 7) is 2.28. The fraction of sp³-hybridized carbons (Fsp3) is 0.952. The molecule has 0 spiro atoms. The van der Waals surface area contributed by atoms with Crippen LogP contribution in [0.3, 0.4) is 0 Å². The first kappa shape index (κ1) is 24.8. The van der Waals surface area contributed by atoms with Crippen molar-refractivity contribution in [2.75, 3.05) is 13.2 Å². The molecule has 1 saturated heterocycles. The highest BCUT2D eigenvalue weighted by Gasteiger charge is 2.39. The predicted octanol–water partition coefficient (Wildman–Crippen LogP) is 3.90. The Morgan fingerprint density at radius 3 is 1.96 bits per heavy atom. The van der Waals surface area contributed by atoms with Gasteiger partial charge in [0.1, 0.15) is 31.0 Å². The minimum Gasteiger partial charge on any atom is -0.484 e. The van der Waals surface area contributed by atoms with E-state index < -0.39 is 24.4 Å². The summed E-state index contributed by atoms with van der Waals surface area (Å²) in [6.07, 6.45) is 12.5. The van der Waals surface area contributed by atoms with Crippen molar-refractivity contribution in [2.24, 2.45) is 0 Å². The van der Waals surface area contributed by atoms with Gasteiger partial charge in [0.25, 0.3) is 0 Å². The normalized spacial score (nSPS) is 23.5. The Balaban J connectivity index is 1.89. The molecule has 1 heterocycles. The molecule has 0 unspecified atom stereocenters. The molecule has 5 nitrogen and oxygen atoms in total. The largest absolute Gasteiger partial charge is 0.484 e. The zero-order chi connectivity index (χ0) is 19.9. The molecule has 1 rings (SSSR count). The van der Waals surface area contributed by atoms with Crippen LogP contribution in [0.25, 0.3) is 0 Å². The standard InChI is InChI=1S/C21H40O5S/c1-2-3-4-5-6-7-8-9-10-11-12-13-14-19(27)25-16-18(23)21-20(24)17(22)15-26-21/h17-18,20-24H,2-16H2,1H3/t17-,18+,20+,21+/m0/s1. The lowest BCUT2D eigenvalue weighted by Crippen LogP contribution is -2.41. The van der Waals surface area contributed by atoms with Gasteiger partial charge in [-0.15, -0.1) is 0 Å². The van der Waals surface area contributed by atoms with Crippen molar-refractivity contribution in [1.82, 2.24) is 0 Å². The maximum atomic E-state index is 9.98. The molecule has 3 N–H and O–H groups in total. The van der Waals surface area contributed by atoms with E-state index in [1.54, 1.807) is 0 Å². The van der Waals surface area contributed by atoms with Gasteiger partial charge in [-0.05, 0) is 18.6 Å². The molecule has 1 aliphatic heterocycles. The van der Waals surface area contributed by atoms with Crippen molar-refractivity contribution in [3.8, 4) is 0 Å². The van der Waals surface area contributed by atoms with Crippen LogP contribution < -0.4 is 0 Å². The van der Waals surface area contributed by atoms with Gasteiger partial charge >= 0.3 is 0 Å². The summed E-state index contributed by atoms with van der Waals surface area (Å²) in [5.74, 6) is 0. The number of ether oxygens (including phenoxy) is 2. The minimum absolute atomic E-state index is 0.00840. The summed E-state index contributed by atoms with van der Waals surface area (Å²) in [6, 6.07) is 0. The molecule has 6 heteroatoms. The number of rotatable bonds is 16. The molecule has 0 aromatic carbocycles. The SMILES string of the molecule is CCCCCCCCCCCCCCC(=S)OC[C@@H](O)[C@H]1OC[C@H](O)[C@H]1O. The van der Waals surface area contributed by atoms with Crippen LogP contribution in [-0.4, -0.2) is 58.0 Å². The lowest BCUT2D eigenvalue weighted by Gasteiger charge is -2.21. The number of unbranched alkanes of at least 4 members (excludes halogenated alkanes) is 11. The topological polar surface area (TPSA) is 79.2 Å². The van der Waals surface area contributed by atoms with Gasteiger partial charge in [0, 0.05) is 6.42 Å². The minimum atomic E-state index is -1.08. The van der Waals surface area contributed by atoms with Crippen LogP contribution in [0.4, 0.5) is 0 Å². The second-order valence-corrected chi connectivity index (χ2v) is 8.20. The smallest absolute Gasteiger partial charge is 0.159 e. The molecule has 0 radical (unpaired) electrons. The Kier molecular flexibility index (Phi) is 14.3. The van der Waals surface area contributed by atoms with Crippen molar-refractivity contribution in [3.63, 3.8) is 0 Å². The maximum absolute atomic E-state index is 9.98. The van der Waals surface area contributed by atoms with Crippen molar-refractivity contribution in [3.05, 3.63) is 0 Å². The summed E-state index contributed by atoms with van der Waals surface area (Å²) >= 11 is 5.19. The van der Waals surface area contributed by atoms with E-state index in [1.165, 1.54) is 64.2 Å². The van der Waals surface area contributed by atoms with E-state index in [2.05, 4.69) is 6.92 Å². The van der Waals surface area contributed by atoms with Crippen LogP contribution in [0.1, 0.15) is 90.4 Å². The van der Waals surface area contributed by atoms with Crippen LogP contribution in [-0.2, 0) is 9.47 Å². The Morgan fingerprint density at radius 2 is 1.48 bits per heavy atom. The van der Waals surface area contributed by atoms with Gasteiger partial charge in [0.15, 0.2) is 5.05 Å². The van der Waals surface area contributed by atoms with Gasteiger partial charge in [-0.25, -0.2) is 0 Å². The molecular weight excluding hydrogens is 364 g/mol. The van der Waals surface area contributed by atoms with Gasteiger partial charge < -0.3 is 24.8 Å². The van der Waals surface area contributed by atoms with Crippen molar-refractivity contribution >= 4 is 17.3 Å². The zero-order valence-electron chi connectivity index (χ0n) is 17.0. The summed E-state index contributed by atoms with van der Waals surface area (Å²) in [4.78, 5) is 0. The van der Waals surface area contributed by atoms with Gasteiger partial charge in [0.05, 0.1) is 6.61 Å². The molecule has 160 valence electrons. The summed E-state index contributed by atoms with van der Waals surface area (Å²) in [7, 11) is 0. The second kappa shape index (κ2) is 15.6. The first-order valence-electron chi connectivity index (χ1n) is 10.9. The molecule has 0 aromatic heterocycles. The zero-order valence-corrected chi connectivity index (χ0v) is 17.8. The molecule has 27 heavy (non-hydrogen) atoms. The van der Waals surface area contributed by atoms with Gasteiger partial charge in [0.2, 0.25) is 0 Å².